The summed E-state index contributed by atoms with van der Waals surface area (Å²) in [7, 11) is 1.48. The second kappa shape index (κ2) is 53.1. The number of nitrogens with one attached hydrogen (secondary N) is 1. The predicted molar refractivity (Wildman–Crippen MR) is 314 cm³/mol. The number of amides is 1. The van der Waals surface area contributed by atoms with E-state index in [4.69, 9.17) is 13.8 Å². The summed E-state index contributed by atoms with van der Waals surface area (Å²) in [6, 6.07) is -0.860. The van der Waals surface area contributed by atoms with Gasteiger partial charge >= 0.3 is 13.8 Å². The smallest absolute Gasteiger partial charge is 0.456 e. The van der Waals surface area contributed by atoms with Crippen LogP contribution in [0, 0.1) is 0 Å². The Hall–Kier alpha value is -2.29. The van der Waals surface area contributed by atoms with Crippen LogP contribution < -0.4 is 5.32 Å². The van der Waals surface area contributed by atoms with Crippen molar-refractivity contribution in [2.45, 2.75) is 290 Å². The third kappa shape index (κ3) is 54.3. The normalized spacial score (nSPS) is 14.1. The third-order valence-electron chi connectivity index (χ3n) is 13.5. The molecule has 0 spiro atoms. The van der Waals surface area contributed by atoms with Crippen molar-refractivity contribution in [1.29, 1.82) is 0 Å². The van der Waals surface area contributed by atoms with Gasteiger partial charge in [-0.15, -0.1) is 0 Å². The first-order chi connectivity index (χ1) is 35.4. The van der Waals surface area contributed by atoms with Gasteiger partial charge in [-0.25, -0.2) is 4.57 Å². The molecule has 9 nitrogen and oxygen atoms in total. The first-order valence-corrected chi connectivity index (χ1v) is 32.1. The van der Waals surface area contributed by atoms with Gasteiger partial charge in [-0.05, 0) is 76.7 Å². The number of likely N-dealkylation sites (N-methyl/N-ethyl adjacent to an activating group) is 1. The number of allylic oxidation sites excluding steroid dienone is 9. The highest BCUT2D eigenvalue weighted by Gasteiger charge is 2.30. The van der Waals surface area contributed by atoms with E-state index in [0.29, 0.717) is 23.9 Å². The molecular formula is C63H118N2O7P+. The SMILES string of the molecule is CCCCC/C=C\C/C=C\C/C=C\C/C=C\CCCCCC(=O)OC(/C=C/CCCCCCCCCCC)C(COP(=O)(O)OCC[N+](C)(C)C)NC(=O)CCCCCCCCCCCCCCCCCCC. The first-order valence-electron chi connectivity index (χ1n) is 30.6. The molecule has 3 atom stereocenters. The molecule has 0 aliphatic heterocycles. The minimum atomic E-state index is -4.45. The molecule has 2 N–H and O–H groups in total. The number of carbonyl (C=O) groups excluding carboxylic acids is 2. The summed E-state index contributed by atoms with van der Waals surface area (Å²) in [5, 5.41) is 3.05. The lowest BCUT2D eigenvalue weighted by atomic mass is 10.0. The van der Waals surface area contributed by atoms with E-state index < -0.39 is 20.0 Å². The number of rotatable bonds is 55. The third-order valence-corrected chi connectivity index (χ3v) is 14.4. The summed E-state index contributed by atoms with van der Waals surface area (Å²) in [6.45, 7) is 6.97. The van der Waals surface area contributed by atoms with Crippen molar-refractivity contribution in [3.8, 4) is 0 Å². The van der Waals surface area contributed by atoms with Crippen molar-refractivity contribution in [3.05, 3.63) is 60.8 Å². The summed E-state index contributed by atoms with van der Waals surface area (Å²) in [4.78, 5) is 37.6. The van der Waals surface area contributed by atoms with Crippen molar-refractivity contribution in [2.75, 3.05) is 40.9 Å². The highest BCUT2D eigenvalue weighted by Crippen LogP contribution is 2.43. The maximum absolute atomic E-state index is 13.5. The molecule has 1 amide bonds. The van der Waals surface area contributed by atoms with Gasteiger partial charge in [-0.1, -0.05) is 249 Å². The van der Waals surface area contributed by atoms with Crippen LogP contribution in [0.4, 0.5) is 0 Å². The summed E-state index contributed by atoms with van der Waals surface area (Å²) in [5.41, 5.74) is 0. The Labute approximate surface area is 451 Å². The molecule has 0 aromatic rings. The molecule has 426 valence electrons. The van der Waals surface area contributed by atoms with Crippen LogP contribution in [0.15, 0.2) is 60.8 Å². The van der Waals surface area contributed by atoms with Crippen LogP contribution in [-0.4, -0.2) is 74.3 Å². The Bertz CT molecular complexity index is 1440. The molecular weight excluding hydrogens is 928 g/mol. The molecule has 0 saturated carbocycles. The molecule has 73 heavy (non-hydrogen) atoms. The number of quaternary nitrogens is 1. The van der Waals surface area contributed by atoms with Gasteiger partial charge in [-0.2, -0.15) is 0 Å². The van der Waals surface area contributed by atoms with Gasteiger partial charge in [0.1, 0.15) is 19.3 Å². The van der Waals surface area contributed by atoms with E-state index in [-0.39, 0.29) is 31.5 Å². The van der Waals surface area contributed by atoms with Gasteiger partial charge < -0.3 is 19.4 Å². The molecule has 3 unspecified atom stereocenters. The highest BCUT2D eigenvalue weighted by atomic mass is 31.2. The van der Waals surface area contributed by atoms with Crippen molar-refractivity contribution >= 4 is 19.7 Å². The van der Waals surface area contributed by atoms with Crippen molar-refractivity contribution < 1.29 is 37.3 Å². The quantitative estimate of drug-likeness (QED) is 0.0205. The number of phosphoric acid groups is 1. The zero-order valence-electron chi connectivity index (χ0n) is 48.6. The number of esters is 1. The molecule has 0 bridgehead atoms. The van der Waals surface area contributed by atoms with E-state index in [2.05, 4.69) is 74.7 Å². The lowest BCUT2D eigenvalue weighted by molar-refractivity contribution is -0.870. The van der Waals surface area contributed by atoms with Crippen molar-refractivity contribution in [3.63, 3.8) is 0 Å². The second-order valence-corrected chi connectivity index (χ2v) is 23.3. The fourth-order valence-electron chi connectivity index (χ4n) is 8.69. The van der Waals surface area contributed by atoms with Crippen LogP contribution in [0.5, 0.6) is 0 Å². The Morgan fingerprint density at radius 1 is 0.479 bits per heavy atom. The number of ether oxygens (including phenoxy) is 1. The number of nitrogens with zero attached hydrogens (tertiary/aromatic N) is 1. The largest absolute Gasteiger partial charge is 0.472 e. The van der Waals surface area contributed by atoms with Crippen molar-refractivity contribution in [2.24, 2.45) is 0 Å². The number of hydrogen-bond donors (Lipinski definition) is 2. The number of carbonyl (C=O) groups is 2. The van der Waals surface area contributed by atoms with Gasteiger partial charge in [-0.3, -0.25) is 18.6 Å². The number of phosphoric ester groups is 1. The molecule has 0 saturated heterocycles. The van der Waals surface area contributed by atoms with E-state index in [1.807, 2.05) is 33.3 Å². The molecule has 0 aliphatic rings. The fraction of sp³-hybridized carbons (Fsp3) is 0.810. The monoisotopic (exact) mass is 1050 g/mol. The van der Waals surface area contributed by atoms with Crippen LogP contribution in [0.3, 0.4) is 0 Å². The summed E-state index contributed by atoms with van der Waals surface area (Å²) < 4.78 is 30.6. The molecule has 10 heteroatoms. The van der Waals surface area contributed by atoms with Crippen molar-refractivity contribution in [1.82, 2.24) is 5.32 Å². The maximum Gasteiger partial charge on any atom is 0.472 e. The molecule has 0 aromatic carbocycles. The molecule has 0 aliphatic carbocycles. The van der Waals surface area contributed by atoms with Crippen LogP contribution in [0.25, 0.3) is 0 Å². The lowest BCUT2D eigenvalue weighted by Crippen LogP contribution is -2.47. The van der Waals surface area contributed by atoms with Gasteiger partial charge in [0.15, 0.2) is 0 Å². The van der Waals surface area contributed by atoms with E-state index in [1.54, 1.807) is 0 Å². The van der Waals surface area contributed by atoms with Crippen LogP contribution in [0.1, 0.15) is 278 Å². The molecule has 0 fully saturated rings. The zero-order valence-corrected chi connectivity index (χ0v) is 49.5. The van der Waals surface area contributed by atoms with E-state index in [0.717, 1.165) is 77.0 Å². The number of hydrogen-bond acceptors (Lipinski definition) is 6. The average Bonchev–Trinajstić information content (AvgIpc) is 3.35. The standard InChI is InChI=1S/C63H117N2O7P/c1-7-10-13-16-19-22-25-27-29-31-32-34-36-38-41-44-47-50-53-56-63(67)72-61(54-51-48-45-42-39-24-21-18-15-12-9-3)60(59-71-73(68,69)70-58-57-65(4,5)6)64-62(66)55-52-49-46-43-40-37-35-33-30-28-26-23-20-17-14-11-8-2/h19,22,27,29,32,34,38,41,51,54,60-61H,7-18,20-21,23-26,28,30-31,33,35-37,39-40,42-50,52-53,55-59H2,1-6H3,(H-,64,66,68,69)/p+1/b22-19-,29-27-,34-32-,41-38-,54-51+. The van der Waals surface area contributed by atoms with Crippen LogP contribution >= 0.6 is 7.82 Å². The second-order valence-electron chi connectivity index (χ2n) is 21.9. The predicted octanol–water partition coefficient (Wildman–Crippen LogP) is 18.7. The van der Waals surface area contributed by atoms with Gasteiger partial charge in [0.25, 0.3) is 0 Å². The van der Waals surface area contributed by atoms with Crippen LogP contribution in [-0.2, 0) is 27.9 Å². The summed E-state index contributed by atoms with van der Waals surface area (Å²) in [5.74, 6) is -0.534. The first kappa shape index (κ1) is 70.7. The van der Waals surface area contributed by atoms with E-state index in [1.165, 1.54) is 161 Å². The van der Waals surface area contributed by atoms with E-state index in [9.17, 15) is 19.0 Å². The summed E-state index contributed by atoms with van der Waals surface area (Å²) in [6.07, 6.45) is 66.4. The topological polar surface area (TPSA) is 111 Å². The molecule has 0 aromatic heterocycles. The van der Waals surface area contributed by atoms with Crippen LogP contribution in [0.2, 0.25) is 0 Å². The highest BCUT2D eigenvalue weighted by molar-refractivity contribution is 7.47. The Morgan fingerprint density at radius 2 is 0.836 bits per heavy atom. The lowest BCUT2D eigenvalue weighted by Gasteiger charge is -2.27. The average molecular weight is 1050 g/mol. The minimum Gasteiger partial charge on any atom is -0.456 e. The fourth-order valence-corrected chi connectivity index (χ4v) is 9.42. The van der Waals surface area contributed by atoms with Gasteiger partial charge in [0, 0.05) is 12.8 Å². The van der Waals surface area contributed by atoms with E-state index >= 15 is 0 Å². The molecule has 0 heterocycles. The Balaban J connectivity index is 5.29. The maximum atomic E-state index is 13.5. The van der Waals surface area contributed by atoms with Gasteiger partial charge in [0.2, 0.25) is 5.91 Å². The molecule has 0 rings (SSSR count). The zero-order chi connectivity index (χ0) is 53.6. The number of unbranched alkanes of at least 4 members (excludes halogenated alkanes) is 31. The Kier molecular flexibility index (Phi) is 51.5. The Morgan fingerprint density at radius 3 is 1.29 bits per heavy atom. The minimum absolute atomic E-state index is 0.0348. The molecule has 0 radical (unpaired) electrons. The van der Waals surface area contributed by atoms with Gasteiger partial charge in [0.05, 0.1) is 33.8 Å². The summed E-state index contributed by atoms with van der Waals surface area (Å²) >= 11 is 0.